The molecule has 2 rings (SSSR count). The van der Waals surface area contributed by atoms with Gasteiger partial charge >= 0.3 is 0 Å². The van der Waals surface area contributed by atoms with Crippen molar-refractivity contribution in [1.29, 1.82) is 0 Å². The predicted octanol–water partition coefficient (Wildman–Crippen LogP) is 2.11. The molecule has 0 fully saturated rings. The minimum absolute atomic E-state index is 0.685. The zero-order chi connectivity index (χ0) is 11.5. The van der Waals surface area contributed by atoms with E-state index in [1.165, 1.54) is 16.9 Å². The topological polar surface area (TPSA) is 58.5 Å². The monoisotopic (exact) mass is 255 g/mol. The zero-order valence-electron chi connectivity index (χ0n) is 9.15. The van der Waals surface area contributed by atoms with Crippen LogP contribution < -0.4 is 5.32 Å². The second kappa shape index (κ2) is 4.75. The number of aromatic amines is 1. The maximum atomic E-state index is 4.96. The third-order valence-electron chi connectivity index (χ3n) is 2.19. The first kappa shape index (κ1) is 11.3. The van der Waals surface area contributed by atoms with Crippen LogP contribution in [0.1, 0.15) is 18.2 Å². The highest BCUT2D eigenvalue weighted by Gasteiger charge is 2.06. The summed E-state index contributed by atoms with van der Waals surface area (Å²) in [7, 11) is 1.93. The fourth-order valence-corrected chi connectivity index (χ4v) is 2.29. The first-order valence-corrected chi connectivity index (χ1v) is 6.22. The number of hydrogen-bond donors (Lipinski definition) is 2. The van der Waals surface area contributed by atoms with Crippen LogP contribution in [0.5, 0.6) is 0 Å². The van der Waals surface area contributed by atoms with Gasteiger partial charge in [0.15, 0.2) is 3.95 Å². The summed E-state index contributed by atoms with van der Waals surface area (Å²) < 4.78 is 2.52. The first-order valence-electron chi connectivity index (χ1n) is 5.00. The maximum Gasteiger partial charge on any atom is 0.204 e. The van der Waals surface area contributed by atoms with Gasteiger partial charge in [0.2, 0.25) is 5.13 Å². The molecule has 0 aliphatic rings. The van der Waals surface area contributed by atoms with Crippen LogP contribution in [0.15, 0.2) is 6.20 Å². The fraction of sp³-hybridized carbons (Fsp3) is 0.444. The number of aryl methyl sites for hydroxylation is 2. The zero-order valence-corrected chi connectivity index (χ0v) is 10.8. The van der Waals surface area contributed by atoms with Crippen LogP contribution in [0, 0.1) is 3.95 Å². The quantitative estimate of drug-likeness (QED) is 0.822. The van der Waals surface area contributed by atoms with Crippen LogP contribution in [-0.2, 0) is 20.0 Å². The van der Waals surface area contributed by atoms with Crippen molar-refractivity contribution in [3.8, 4) is 0 Å². The molecule has 0 spiro atoms. The predicted molar refractivity (Wildman–Crippen MR) is 67.2 cm³/mol. The summed E-state index contributed by atoms with van der Waals surface area (Å²) in [5, 5.41) is 15.2. The van der Waals surface area contributed by atoms with Crippen LogP contribution in [0.4, 0.5) is 5.13 Å². The molecule has 2 aromatic rings. The molecule has 0 saturated heterocycles. The summed E-state index contributed by atoms with van der Waals surface area (Å²) in [5.41, 5.74) is 2.32. The van der Waals surface area contributed by atoms with Crippen molar-refractivity contribution in [2.45, 2.75) is 19.9 Å². The number of H-pyrrole nitrogens is 1. The van der Waals surface area contributed by atoms with Crippen molar-refractivity contribution in [3.05, 3.63) is 21.4 Å². The van der Waals surface area contributed by atoms with Gasteiger partial charge in [0.25, 0.3) is 0 Å². The average Bonchev–Trinajstić information content (AvgIpc) is 2.81. The first-order chi connectivity index (χ1) is 7.69. The molecule has 2 heterocycles. The Morgan fingerprint density at radius 1 is 1.62 bits per heavy atom. The Morgan fingerprint density at radius 2 is 2.44 bits per heavy atom. The van der Waals surface area contributed by atoms with E-state index in [0.717, 1.165) is 23.8 Å². The molecule has 16 heavy (non-hydrogen) atoms. The van der Waals surface area contributed by atoms with E-state index in [0.29, 0.717) is 3.95 Å². The van der Waals surface area contributed by atoms with Crippen LogP contribution in [-0.4, -0.2) is 20.0 Å². The number of nitrogens with zero attached hydrogens (tertiary/aromatic N) is 3. The third-order valence-corrected chi connectivity index (χ3v) is 3.24. The Balaban J connectivity index is 2.06. The lowest BCUT2D eigenvalue weighted by atomic mass is 10.2. The molecule has 0 amide bonds. The van der Waals surface area contributed by atoms with Crippen molar-refractivity contribution in [1.82, 2.24) is 20.0 Å². The maximum absolute atomic E-state index is 4.96. The number of hydrogen-bond acceptors (Lipinski definition) is 5. The molecule has 86 valence electrons. The summed E-state index contributed by atoms with van der Waals surface area (Å²) in [4.78, 5) is 0. The van der Waals surface area contributed by atoms with Gasteiger partial charge in [-0.25, -0.2) is 0 Å². The number of anilines is 1. The second-order valence-corrected chi connectivity index (χ2v) is 5.07. The van der Waals surface area contributed by atoms with Gasteiger partial charge in [0, 0.05) is 25.4 Å². The second-order valence-electron chi connectivity index (χ2n) is 3.40. The molecule has 0 aliphatic heterocycles. The van der Waals surface area contributed by atoms with Crippen LogP contribution in [0.2, 0.25) is 0 Å². The lowest BCUT2D eigenvalue weighted by Gasteiger charge is -2.00. The van der Waals surface area contributed by atoms with Gasteiger partial charge in [-0.05, 0) is 18.6 Å². The Bertz CT molecular complexity index is 524. The van der Waals surface area contributed by atoms with E-state index in [-0.39, 0.29) is 0 Å². The summed E-state index contributed by atoms with van der Waals surface area (Å²) in [6, 6.07) is 0. The van der Waals surface area contributed by atoms with E-state index < -0.39 is 0 Å². The molecule has 0 unspecified atom stereocenters. The van der Waals surface area contributed by atoms with Crippen molar-refractivity contribution in [2.24, 2.45) is 7.05 Å². The smallest absolute Gasteiger partial charge is 0.204 e. The highest BCUT2D eigenvalue weighted by atomic mass is 32.1. The van der Waals surface area contributed by atoms with Gasteiger partial charge in [0.05, 0.1) is 5.69 Å². The number of nitrogens with one attached hydrogen (secondary N) is 2. The molecule has 0 aliphatic carbocycles. The van der Waals surface area contributed by atoms with Crippen molar-refractivity contribution >= 4 is 28.7 Å². The SMILES string of the molecule is CCc1nn(C)cc1CNc1n[nH]c(=S)s1. The lowest BCUT2D eigenvalue weighted by Crippen LogP contribution is -2.00. The summed E-state index contributed by atoms with van der Waals surface area (Å²) in [6.45, 7) is 2.83. The van der Waals surface area contributed by atoms with Gasteiger partial charge in [-0.1, -0.05) is 18.3 Å². The van der Waals surface area contributed by atoms with Crippen LogP contribution >= 0.6 is 23.6 Å². The van der Waals surface area contributed by atoms with Crippen molar-refractivity contribution in [3.63, 3.8) is 0 Å². The molecule has 0 bridgehead atoms. The van der Waals surface area contributed by atoms with E-state index in [1.54, 1.807) is 0 Å². The molecule has 2 aromatic heterocycles. The molecule has 2 N–H and O–H groups in total. The van der Waals surface area contributed by atoms with Gasteiger partial charge < -0.3 is 5.32 Å². The highest BCUT2D eigenvalue weighted by molar-refractivity contribution is 7.73. The largest absolute Gasteiger partial charge is 0.356 e. The number of rotatable bonds is 4. The molecule has 7 heteroatoms. The molecule has 0 aromatic carbocycles. The third kappa shape index (κ3) is 2.48. The minimum Gasteiger partial charge on any atom is -0.356 e. The standard InChI is InChI=1S/C9H13N5S2/c1-3-7-6(5-14(2)13-7)4-10-8-11-12-9(15)16-8/h5H,3-4H2,1-2H3,(H,10,11)(H,12,15). The van der Waals surface area contributed by atoms with E-state index in [2.05, 4.69) is 27.5 Å². The summed E-state index contributed by atoms with van der Waals surface area (Å²) >= 11 is 6.40. The van der Waals surface area contributed by atoms with Crippen LogP contribution in [0.25, 0.3) is 0 Å². The molecule has 5 nitrogen and oxygen atoms in total. The normalized spacial score (nSPS) is 10.6. The van der Waals surface area contributed by atoms with Crippen molar-refractivity contribution in [2.75, 3.05) is 5.32 Å². The molecule has 0 radical (unpaired) electrons. The summed E-state index contributed by atoms with van der Waals surface area (Å²) in [6.07, 6.45) is 2.96. The van der Waals surface area contributed by atoms with E-state index >= 15 is 0 Å². The fourth-order valence-electron chi connectivity index (χ4n) is 1.51. The lowest BCUT2D eigenvalue weighted by molar-refractivity contribution is 0.746. The van der Waals surface area contributed by atoms with E-state index in [4.69, 9.17) is 12.2 Å². The van der Waals surface area contributed by atoms with Gasteiger partial charge in [-0.3, -0.25) is 9.78 Å². The van der Waals surface area contributed by atoms with E-state index in [9.17, 15) is 0 Å². The van der Waals surface area contributed by atoms with Crippen LogP contribution in [0.3, 0.4) is 0 Å². The molecular weight excluding hydrogens is 242 g/mol. The van der Waals surface area contributed by atoms with Crippen molar-refractivity contribution < 1.29 is 0 Å². The van der Waals surface area contributed by atoms with Gasteiger partial charge in [-0.2, -0.15) is 5.10 Å². The Kier molecular flexibility index (Phi) is 3.35. The highest BCUT2D eigenvalue weighted by Crippen LogP contribution is 2.14. The minimum atomic E-state index is 0.685. The Morgan fingerprint density at radius 3 is 3.06 bits per heavy atom. The van der Waals surface area contributed by atoms with Gasteiger partial charge in [-0.15, -0.1) is 5.10 Å². The molecule has 0 saturated carbocycles. The number of aromatic nitrogens is 4. The molecule has 0 atom stereocenters. The Labute approximate surface area is 103 Å². The average molecular weight is 255 g/mol. The van der Waals surface area contributed by atoms with Gasteiger partial charge in [0.1, 0.15) is 0 Å². The molecular formula is C9H13N5S2. The summed E-state index contributed by atoms with van der Waals surface area (Å²) in [5.74, 6) is 0. The Hall–Kier alpha value is -1.21. The van der Waals surface area contributed by atoms with E-state index in [1.807, 2.05) is 17.9 Å².